The fraction of sp³-hybridized carbons (Fsp3) is 0.167. The summed E-state index contributed by atoms with van der Waals surface area (Å²) in [7, 11) is 0. The Morgan fingerprint density at radius 3 is 2.42 bits per heavy atom. The van der Waals surface area contributed by atoms with Crippen LogP contribution in [-0.4, -0.2) is 0 Å². The summed E-state index contributed by atoms with van der Waals surface area (Å²) in [6.45, 7) is 0. The first kappa shape index (κ1) is 8.79. The normalized spacial score (nSPS) is 17.3. The molecular formula is C12H13. The van der Waals surface area contributed by atoms with Crippen molar-refractivity contribution >= 4 is 0 Å². The Morgan fingerprint density at radius 2 is 1.50 bits per heavy atom. The van der Waals surface area contributed by atoms with Gasteiger partial charge in [0.1, 0.15) is 0 Å². The summed E-state index contributed by atoms with van der Waals surface area (Å²) in [5.41, 5.74) is 0. The van der Waals surface area contributed by atoms with Crippen molar-refractivity contribution in [2.24, 2.45) is 0 Å². The minimum absolute atomic E-state index is 0.887. The van der Waals surface area contributed by atoms with Gasteiger partial charge in [-0.3, -0.25) is 0 Å². The Morgan fingerprint density at radius 1 is 0.750 bits per heavy atom. The Hall–Kier alpha value is -1.30. The van der Waals surface area contributed by atoms with E-state index in [4.69, 9.17) is 0 Å². The zero-order chi connectivity index (χ0) is 8.49. The van der Waals surface area contributed by atoms with Gasteiger partial charge in [-0.25, -0.2) is 0 Å². The van der Waals surface area contributed by atoms with Crippen molar-refractivity contribution in [1.29, 1.82) is 0 Å². The molecule has 0 N–H and O–H groups in total. The molecule has 0 nitrogen and oxygen atoms in total. The summed E-state index contributed by atoms with van der Waals surface area (Å²) in [4.78, 5) is 0. The molecule has 0 saturated heterocycles. The van der Waals surface area contributed by atoms with Crippen LogP contribution in [0.2, 0.25) is 0 Å². The molecule has 0 atom stereocenters. The van der Waals surface area contributed by atoms with E-state index in [1.54, 1.807) is 0 Å². The maximum absolute atomic E-state index is 3.14. The van der Waals surface area contributed by atoms with E-state index >= 15 is 0 Å². The van der Waals surface area contributed by atoms with Gasteiger partial charge in [-0.1, -0.05) is 54.7 Å². The van der Waals surface area contributed by atoms with E-state index in [9.17, 15) is 0 Å². The zero-order valence-corrected chi connectivity index (χ0v) is 7.11. The molecule has 0 spiro atoms. The Kier molecular flexibility index (Phi) is 4.70. The van der Waals surface area contributed by atoms with Crippen LogP contribution >= 0.6 is 0 Å². The van der Waals surface area contributed by atoms with Crippen molar-refractivity contribution < 1.29 is 0 Å². The number of allylic oxidation sites excluding steroid dienone is 10. The maximum Gasteiger partial charge on any atom is -0.00915 e. The minimum atomic E-state index is 0.887. The third-order valence-electron chi connectivity index (χ3n) is 1.46. The molecule has 0 amide bonds. The van der Waals surface area contributed by atoms with Crippen LogP contribution in [0.1, 0.15) is 12.8 Å². The Balaban J connectivity index is 2.55. The second-order valence-electron chi connectivity index (χ2n) is 2.48. The van der Waals surface area contributed by atoms with E-state index in [2.05, 4.69) is 36.5 Å². The molecule has 0 bridgehead atoms. The number of hydrogen-bond donors (Lipinski definition) is 0. The SMILES string of the molecule is [C]1=CC=CC=CCC=CC=CC1. The second-order valence-corrected chi connectivity index (χ2v) is 2.48. The molecule has 0 aromatic carbocycles. The molecule has 1 aliphatic carbocycles. The first-order chi connectivity index (χ1) is 6.00. The Bertz CT molecular complexity index is 211. The molecule has 0 aliphatic heterocycles. The summed E-state index contributed by atoms with van der Waals surface area (Å²) >= 11 is 0. The molecule has 0 saturated carbocycles. The van der Waals surface area contributed by atoms with Gasteiger partial charge in [-0.15, -0.1) is 0 Å². The predicted octanol–water partition coefficient (Wildman–Crippen LogP) is 3.36. The average Bonchev–Trinajstić information content (AvgIpc) is 2.05. The molecule has 1 radical (unpaired) electrons. The third-order valence-corrected chi connectivity index (χ3v) is 1.46. The van der Waals surface area contributed by atoms with Crippen LogP contribution in [0.3, 0.4) is 0 Å². The molecule has 0 heteroatoms. The lowest BCUT2D eigenvalue weighted by Gasteiger charge is -1.82. The van der Waals surface area contributed by atoms with Crippen molar-refractivity contribution in [3.8, 4) is 0 Å². The molecule has 0 heterocycles. The molecule has 1 rings (SSSR count). The van der Waals surface area contributed by atoms with Crippen LogP contribution in [0.15, 0.2) is 54.7 Å². The number of hydrogen-bond acceptors (Lipinski definition) is 0. The quantitative estimate of drug-likeness (QED) is 0.505. The molecule has 0 fully saturated rings. The second kappa shape index (κ2) is 6.41. The van der Waals surface area contributed by atoms with Gasteiger partial charge in [0.05, 0.1) is 0 Å². The van der Waals surface area contributed by atoms with Gasteiger partial charge in [0, 0.05) is 0 Å². The molecule has 0 aromatic rings. The average molecular weight is 157 g/mol. The van der Waals surface area contributed by atoms with E-state index in [0.29, 0.717) is 0 Å². The highest BCUT2D eigenvalue weighted by molar-refractivity contribution is 5.13. The first-order valence-electron chi connectivity index (χ1n) is 4.20. The van der Waals surface area contributed by atoms with E-state index in [1.165, 1.54) is 0 Å². The van der Waals surface area contributed by atoms with Gasteiger partial charge in [-0.05, 0) is 18.9 Å². The van der Waals surface area contributed by atoms with Crippen molar-refractivity contribution in [1.82, 2.24) is 0 Å². The largest absolute Gasteiger partial charge is 0.0808 e. The molecule has 1 aliphatic rings. The number of rotatable bonds is 0. The summed E-state index contributed by atoms with van der Waals surface area (Å²) in [5, 5.41) is 0. The van der Waals surface area contributed by atoms with Gasteiger partial charge in [0.25, 0.3) is 0 Å². The molecule has 61 valence electrons. The van der Waals surface area contributed by atoms with Gasteiger partial charge in [-0.2, -0.15) is 0 Å². The molecule has 0 unspecified atom stereocenters. The van der Waals surface area contributed by atoms with Gasteiger partial charge < -0.3 is 0 Å². The van der Waals surface area contributed by atoms with Crippen LogP contribution in [-0.2, 0) is 0 Å². The highest BCUT2D eigenvalue weighted by Gasteiger charge is 1.72. The maximum atomic E-state index is 3.14. The summed E-state index contributed by atoms with van der Waals surface area (Å²) in [6, 6.07) is 0. The van der Waals surface area contributed by atoms with Crippen molar-refractivity contribution in [3.63, 3.8) is 0 Å². The van der Waals surface area contributed by atoms with Gasteiger partial charge >= 0.3 is 0 Å². The standard InChI is InChI=1S/C12H13/c1-2-4-6-8-10-12-11-9-7-5-3-1/h1-5,8,10-12H,6,9H2. The fourth-order valence-electron chi connectivity index (χ4n) is 0.863. The van der Waals surface area contributed by atoms with Crippen LogP contribution in [0.5, 0.6) is 0 Å². The summed E-state index contributed by atoms with van der Waals surface area (Å²) < 4.78 is 0. The highest BCUT2D eigenvalue weighted by atomic mass is 13.8. The Labute approximate surface area is 74.3 Å². The van der Waals surface area contributed by atoms with Crippen molar-refractivity contribution in [2.75, 3.05) is 0 Å². The van der Waals surface area contributed by atoms with Crippen LogP contribution in [0.4, 0.5) is 0 Å². The minimum Gasteiger partial charge on any atom is -0.0808 e. The smallest absolute Gasteiger partial charge is 0.00915 e. The molecule has 12 heavy (non-hydrogen) atoms. The third kappa shape index (κ3) is 4.51. The van der Waals surface area contributed by atoms with Crippen LogP contribution in [0, 0.1) is 6.08 Å². The summed E-state index contributed by atoms with van der Waals surface area (Å²) in [6.07, 6.45) is 23.5. The lowest BCUT2D eigenvalue weighted by Crippen LogP contribution is -1.62. The molecule has 0 aromatic heterocycles. The monoisotopic (exact) mass is 157 g/mol. The summed E-state index contributed by atoms with van der Waals surface area (Å²) in [5.74, 6) is 0. The van der Waals surface area contributed by atoms with Gasteiger partial charge in [0.15, 0.2) is 0 Å². The molecular weight excluding hydrogens is 144 g/mol. The first-order valence-corrected chi connectivity index (χ1v) is 4.20. The van der Waals surface area contributed by atoms with Crippen molar-refractivity contribution in [3.05, 3.63) is 60.8 Å². The van der Waals surface area contributed by atoms with Gasteiger partial charge in [0.2, 0.25) is 0 Å². The van der Waals surface area contributed by atoms with E-state index in [-0.39, 0.29) is 0 Å². The lowest BCUT2D eigenvalue weighted by molar-refractivity contribution is 1.33. The van der Waals surface area contributed by atoms with Crippen molar-refractivity contribution in [2.45, 2.75) is 12.8 Å². The predicted molar refractivity (Wildman–Crippen MR) is 53.6 cm³/mol. The highest BCUT2D eigenvalue weighted by Crippen LogP contribution is 1.92. The van der Waals surface area contributed by atoms with E-state index in [0.717, 1.165) is 12.8 Å². The lowest BCUT2D eigenvalue weighted by atomic mass is 10.2. The van der Waals surface area contributed by atoms with E-state index < -0.39 is 0 Å². The van der Waals surface area contributed by atoms with E-state index in [1.807, 2.05) is 24.3 Å². The topological polar surface area (TPSA) is 0 Å². The van der Waals surface area contributed by atoms with Crippen LogP contribution in [0.25, 0.3) is 0 Å². The zero-order valence-electron chi connectivity index (χ0n) is 7.11. The fourth-order valence-corrected chi connectivity index (χ4v) is 0.863. The van der Waals surface area contributed by atoms with Crippen LogP contribution < -0.4 is 0 Å².